The van der Waals surface area contributed by atoms with Crippen molar-refractivity contribution in [1.29, 1.82) is 0 Å². The minimum absolute atomic E-state index is 0.0245. The molecule has 1 aromatic rings. The van der Waals surface area contributed by atoms with Crippen LogP contribution >= 0.6 is 0 Å². The normalized spacial score (nSPS) is 10.8. The van der Waals surface area contributed by atoms with E-state index in [0.717, 1.165) is 5.69 Å². The van der Waals surface area contributed by atoms with E-state index >= 15 is 0 Å². The van der Waals surface area contributed by atoms with Crippen LogP contribution in [0.15, 0.2) is 6.07 Å². The molecular formula is C13H21N3O3. The highest BCUT2D eigenvalue weighted by molar-refractivity contribution is 5.92. The minimum Gasteiger partial charge on any atom is -0.481 e. The quantitative estimate of drug-likeness (QED) is 0.846. The number of aryl methyl sites for hydroxylation is 2. The summed E-state index contributed by atoms with van der Waals surface area (Å²) < 4.78 is 1.56. The Hall–Kier alpha value is -1.85. The van der Waals surface area contributed by atoms with Crippen molar-refractivity contribution in [2.24, 2.45) is 7.05 Å². The van der Waals surface area contributed by atoms with Gasteiger partial charge in [0.25, 0.3) is 5.91 Å². The Labute approximate surface area is 113 Å². The average Bonchev–Trinajstić information content (AvgIpc) is 2.62. The minimum atomic E-state index is -0.840. The fourth-order valence-corrected chi connectivity index (χ4v) is 1.95. The van der Waals surface area contributed by atoms with Crippen molar-refractivity contribution in [3.05, 3.63) is 17.5 Å². The Kier molecular flexibility index (Phi) is 5.09. The first-order valence-electron chi connectivity index (χ1n) is 6.36. The van der Waals surface area contributed by atoms with Gasteiger partial charge in [-0.15, -0.1) is 0 Å². The van der Waals surface area contributed by atoms with Gasteiger partial charge in [-0.3, -0.25) is 14.3 Å². The standard InChI is InChI=1S/C13H21N3O3/c1-9(2)16(7-5-6-12(17)18)13(19)11-8-10(3)14-15(11)4/h8-9H,5-7H2,1-4H3,(H,17,18). The SMILES string of the molecule is Cc1cc(C(=O)N(CCCC(=O)O)C(C)C)n(C)n1. The summed E-state index contributed by atoms with van der Waals surface area (Å²) in [5, 5.41) is 12.8. The molecule has 0 aromatic carbocycles. The topological polar surface area (TPSA) is 75.4 Å². The molecule has 19 heavy (non-hydrogen) atoms. The Balaban J connectivity index is 2.78. The van der Waals surface area contributed by atoms with Gasteiger partial charge < -0.3 is 10.0 Å². The van der Waals surface area contributed by atoms with Crippen molar-refractivity contribution in [3.63, 3.8) is 0 Å². The smallest absolute Gasteiger partial charge is 0.303 e. The molecule has 0 fully saturated rings. The third kappa shape index (κ3) is 4.08. The van der Waals surface area contributed by atoms with Gasteiger partial charge in [-0.05, 0) is 33.3 Å². The van der Waals surface area contributed by atoms with Gasteiger partial charge in [-0.1, -0.05) is 0 Å². The molecule has 6 heteroatoms. The second-order valence-electron chi connectivity index (χ2n) is 4.88. The van der Waals surface area contributed by atoms with Gasteiger partial charge in [0.05, 0.1) is 5.69 Å². The van der Waals surface area contributed by atoms with Gasteiger partial charge in [-0.2, -0.15) is 5.10 Å². The van der Waals surface area contributed by atoms with Crippen molar-refractivity contribution < 1.29 is 14.7 Å². The molecule has 106 valence electrons. The molecule has 0 spiro atoms. The van der Waals surface area contributed by atoms with Gasteiger partial charge >= 0.3 is 5.97 Å². The molecule has 0 radical (unpaired) electrons. The van der Waals surface area contributed by atoms with Crippen LogP contribution in [0.25, 0.3) is 0 Å². The fourth-order valence-electron chi connectivity index (χ4n) is 1.95. The molecule has 0 atom stereocenters. The number of rotatable bonds is 6. The maximum absolute atomic E-state index is 12.4. The highest BCUT2D eigenvalue weighted by Crippen LogP contribution is 2.11. The molecule has 1 N–H and O–H groups in total. The summed E-state index contributed by atoms with van der Waals surface area (Å²) >= 11 is 0. The summed E-state index contributed by atoms with van der Waals surface area (Å²) in [4.78, 5) is 24.6. The largest absolute Gasteiger partial charge is 0.481 e. The van der Waals surface area contributed by atoms with Crippen LogP contribution in [-0.4, -0.2) is 44.3 Å². The average molecular weight is 267 g/mol. The Morgan fingerprint density at radius 3 is 2.53 bits per heavy atom. The molecule has 1 heterocycles. The lowest BCUT2D eigenvalue weighted by Crippen LogP contribution is -2.38. The van der Waals surface area contributed by atoms with Gasteiger partial charge in [0.15, 0.2) is 0 Å². The fraction of sp³-hybridized carbons (Fsp3) is 0.615. The summed E-state index contributed by atoms with van der Waals surface area (Å²) in [6, 6.07) is 1.77. The number of hydrogen-bond acceptors (Lipinski definition) is 3. The maximum atomic E-state index is 12.4. The summed E-state index contributed by atoms with van der Waals surface area (Å²) in [5.74, 6) is -0.948. The van der Waals surface area contributed by atoms with E-state index in [-0.39, 0.29) is 18.4 Å². The second kappa shape index (κ2) is 6.36. The number of amides is 1. The van der Waals surface area contributed by atoms with Crippen LogP contribution < -0.4 is 0 Å². The third-order valence-corrected chi connectivity index (χ3v) is 2.89. The van der Waals surface area contributed by atoms with E-state index < -0.39 is 5.97 Å². The van der Waals surface area contributed by atoms with E-state index in [1.54, 1.807) is 22.7 Å². The molecule has 0 saturated carbocycles. The first kappa shape index (κ1) is 15.2. The van der Waals surface area contributed by atoms with Crippen LogP contribution in [0.2, 0.25) is 0 Å². The summed E-state index contributed by atoms with van der Waals surface area (Å²) in [6.45, 7) is 6.11. The Morgan fingerprint density at radius 2 is 2.11 bits per heavy atom. The third-order valence-electron chi connectivity index (χ3n) is 2.89. The highest BCUT2D eigenvalue weighted by atomic mass is 16.4. The number of hydrogen-bond donors (Lipinski definition) is 1. The van der Waals surface area contributed by atoms with E-state index in [1.807, 2.05) is 20.8 Å². The van der Waals surface area contributed by atoms with E-state index in [2.05, 4.69) is 5.10 Å². The van der Waals surface area contributed by atoms with E-state index in [0.29, 0.717) is 18.7 Å². The van der Waals surface area contributed by atoms with Crippen LogP contribution in [0.1, 0.15) is 42.9 Å². The molecule has 0 aliphatic rings. The lowest BCUT2D eigenvalue weighted by atomic mass is 10.2. The van der Waals surface area contributed by atoms with Gasteiger partial charge in [0, 0.05) is 26.1 Å². The number of aromatic nitrogens is 2. The van der Waals surface area contributed by atoms with Crippen LogP contribution in [0, 0.1) is 6.92 Å². The number of carboxylic acid groups (broad SMARTS) is 1. The molecule has 1 aromatic heterocycles. The lowest BCUT2D eigenvalue weighted by molar-refractivity contribution is -0.137. The zero-order valence-electron chi connectivity index (χ0n) is 11.9. The first-order chi connectivity index (χ1) is 8.82. The van der Waals surface area contributed by atoms with Crippen LogP contribution in [0.3, 0.4) is 0 Å². The van der Waals surface area contributed by atoms with E-state index in [1.165, 1.54) is 0 Å². The van der Waals surface area contributed by atoms with Crippen LogP contribution in [0.4, 0.5) is 0 Å². The summed E-state index contributed by atoms with van der Waals surface area (Å²) in [7, 11) is 1.73. The number of nitrogens with zero attached hydrogens (tertiary/aromatic N) is 3. The highest BCUT2D eigenvalue weighted by Gasteiger charge is 2.21. The Morgan fingerprint density at radius 1 is 1.47 bits per heavy atom. The van der Waals surface area contributed by atoms with Gasteiger partial charge in [0.2, 0.25) is 0 Å². The molecular weight excluding hydrogens is 246 g/mol. The predicted octanol–water partition coefficient (Wildman–Crippen LogP) is 1.44. The van der Waals surface area contributed by atoms with E-state index in [4.69, 9.17) is 5.11 Å². The molecule has 0 aliphatic carbocycles. The van der Waals surface area contributed by atoms with Crippen LogP contribution in [0.5, 0.6) is 0 Å². The lowest BCUT2D eigenvalue weighted by Gasteiger charge is -2.26. The van der Waals surface area contributed by atoms with Crippen molar-refractivity contribution in [2.75, 3.05) is 6.54 Å². The van der Waals surface area contributed by atoms with Gasteiger partial charge in [0.1, 0.15) is 5.69 Å². The molecule has 0 aliphatic heterocycles. The van der Waals surface area contributed by atoms with Crippen molar-refractivity contribution in [1.82, 2.24) is 14.7 Å². The van der Waals surface area contributed by atoms with Crippen molar-refractivity contribution in [3.8, 4) is 0 Å². The second-order valence-corrected chi connectivity index (χ2v) is 4.88. The molecule has 1 amide bonds. The summed E-state index contributed by atoms with van der Waals surface area (Å²) in [6.07, 6.45) is 0.525. The molecule has 0 unspecified atom stereocenters. The molecule has 0 saturated heterocycles. The zero-order chi connectivity index (χ0) is 14.6. The number of carbonyl (C=O) groups is 2. The Bertz CT molecular complexity index is 466. The first-order valence-corrected chi connectivity index (χ1v) is 6.36. The van der Waals surface area contributed by atoms with E-state index in [9.17, 15) is 9.59 Å². The number of carbonyl (C=O) groups excluding carboxylic acids is 1. The zero-order valence-corrected chi connectivity index (χ0v) is 11.9. The van der Waals surface area contributed by atoms with Crippen molar-refractivity contribution >= 4 is 11.9 Å². The predicted molar refractivity (Wildman–Crippen MR) is 71.0 cm³/mol. The molecule has 1 rings (SSSR count). The number of carboxylic acids is 1. The maximum Gasteiger partial charge on any atom is 0.303 e. The van der Waals surface area contributed by atoms with Crippen molar-refractivity contribution in [2.45, 2.75) is 39.7 Å². The molecule has 6 nitrogen and oxygen atoms in total. The summed E-state index contributed by atoms with van der Waals surface area (Å²) in [5.41, 5.74) is 1.32. The van der Waals surface area contributed by atoms with Crippen LogP contribution in [-0.2, 0) is 11.8 Å². The monoisotopic (exact) mass is 267 g/mol. The van der Waals surface area contributed by atoms with Gasteiger partial charge in [-0.25, -0.2) is 0 Å². The molecule has 0 bridgehead atoms. The number of aliphatic carboxylic acids is 1.